The maximum Gasteiger partial charge on any atom is 0.303 e. The van der Waals surface area contributed by atoms with Crippen LogP contribution in [0.3, 0.4) is 0 Å². The van der Waals surface area contributed by atoms with E-state index in [2.05, 4.69) is 56.1 Å². The molecule has 4 aliphatic heterocycles. The van der Waals surface area contributed by atoms with Gasteiger partial charge in [-0.1, -0.05) is 54.0 Å². The van der Waals surface area contributed by atoms with Crippen molar-refractivity contribution in [2.45, 2.75) is 163 Å². The average molecular weight is 856 g/mol. The molecular formula is C46H73N5O8S. The van der Waals surface area contributed by atoms with Gasteiger partial charge in [0.1, 0.15) is 0 Å². The van der Waals surface area contributed by atoms with E-state index in [1.54, 1.807) is 11.0 Å². The van der Waals surface area contributed by atoms with Crippen LogP contribution in [0.25, 0.3) is 0 Å². The van der Waals surface area contributed by atoms with E-state index in [9.17, 15) is 22.8 Å². The summed E-state index contributed by atoms with van der Waals surface area (Å²) >= 11 is 0. The summed E-state index contributed by atoms with van der Waals surface area (Å²) < 4.78 is 35.9. The van der Waals surface area contributed by atoms with Crippen molar-refractivity contribution in [2.24, 2.45) is 44.3 Å². The number of hydrogen-bond acceptors (Lipinski definition) is 9. The molecule has 4 saturated heterocycles. The molecule has 3 saturated carbocycles. The highest BCUT2D eigenvalue weighted by Crippen LogP contribution is 2.88. The Bertz CT molecular complexity index is 1860. The largest absolute Gasteiger partial charge is 0.381 e. The van der Waals surface area contributed by atoms with Crippen molar-refractivity contribution < 1.29 is 37.1 Å². The molecule has 7 rings (SSSR count). The van der Waals surface area contributed by atoms with Crippen LogP contribution in [0.1, 0.15) is 139 Å². The lowest BCUT2D eigenvalue weighted by molar-refractivity contribution is -0.150. The van der Waals surface area contributed by atoms with Crippen molar-refractivity contribution in [3.05, 3.63) is 12.7 Å². The van der Waals surface area contributed by atoms with Crippen LogP contribution in [0.15, 0.2) is 12.7 Å². The Morgan fingerprint density at radius 3 is 2.07 bits per heavy atom. The van der Waals surface area contributed by atoms with Gasteiger partial charge in [-0.15, -0.1) is 6.58 Å². The number of rotatable bonds is 15. The van der Waals surface area contributed by atoms with Gasteiger partial charge in [-0.05, 0) is 112 Å². The number of allylic oxidation sites excluding steroid dienone is 1. The highest BCUT2D eigenvalue weighted by atomic mass is 32.2. The SMILES string of the molecule is C=C[C@@H]1C[C@]1(CC(=O)[C@@H]1C[C@@]2(CN1C(=O)[C@@H](CC(=O)[C@@H](NC(=O)[C@@H]1CCCN1C(C)C)C(C)(C)C)C1(C)CCOCC1)C(C)(C)C21CCC1)C(=O)NS(=O)(=O)N1CCCC1. The lowest BCUT2D eigenvalue weighted by Gasteiger charge is -2.43. The molecule has 0 unspecified atom stereocenters. The van der Waals surface area contributed by atoms with Gasteiger partial charge in [-0.25, -0.2) is 4.72 Å². The van der Waals surface area contributed by atoms with Crippen molar-refractivity contribution in [1.82, 2.24) is 24.1 Å². The Hall–Kier alpha value is -2.68. The molecule has 7 atom stereocenters. The first-order valence-electron chi connectivity index (χ1n) is 23.0. The minimum absolute atomic E-state index is 0.00920. The number of carbonyl (C=O) groups excluding carboxylic acids is 5. The molecule has 336 valence electrons. The van der Waals surface area contributed by atoms with Crippen LogP contribution in [0.2, 0.25) is 0 Å². The van der Waals surface area contributed by atoms with E-state index in [1.165, 1.54) is 4.31 Å². The van der Waals surface area contributed by atoms with Gasteiger partial charge in [0, 0.05) is 57.1 Å². The molecule has 7 fully saturated rings. The van der Waals surface area contributed by atoms with Crippen molar-refractivity contribution in [2.75, 3.05) is 39.4 Å². The molecule has 2 spiro atoms. The molecule has 60 heavy (non-hydrogen) atoms. The average Bonchev–Trinajstić information content (AvgIpc) is 3.58. The third-order valence-corrected chi connectivity index (χ3v) is 18.9. The van der Waals surface area contributed by atoms with Gasteiger partial charge in [-0.3, -0.25) is 28.9 Å². The lowest BCUT2D eigenvalue weighted by atomic mass is 9.67. The maximum atomic E-state index is 15.6. The van der Waals surface area contributed by atoms with Gasteiger partial charge in [0.15, 0.2) is 11.6 Å². The summed E-state index contributed by atoms with van der Waals surface area (Å²) in [4.78, 5) is 77.3. The number of nitrogens with zero attached hydrogens (tertiary/aromatic N) is 3. The van der Waals surface area contributed by atoms with Gasteiger partial charge in [0.25, 0.3) is 0 Å². The summed E-state index contributed by atoms with van der Waals surface area (Å²) in [5, 5.41) is 3.16. The fourth-order valence-electron chi connectivity index (χ4n) is 13.0. The monoisotopic (exact) mass is 856 g/mol. The van der Waals surface area contributed by atoms with Crippen LogP contribution in [0, 0.1) is 44.3 Å². The predicted molar refractivity (Wildman–Crippen MR) is 228 cm³/mol. The molecule has 3 aliphatic carbocycles. The Morgan fingerprint density at radius 2 is 1.53 bits per heavy atom. The van der Waals surface area contributed by atoms with Crippen molar-refractivity contribution in [1.29, 1.82) is 0 Å². The topological polar surface area (TPSA) is 162 Å². The van der Waals surface area contributed by atoms with E-state index < -0.39 is 50.4 Å². The number of fused-ring (bicyclic) bond motifs is 1. The lowest BCUT2D eigenvalue weighted by Crippen LogP contribution is -2.56. The molecule has 7 aliphatic rings. The van der Waals surface area contributed by atoms with E-state index in [0.29, 0.717) is 58.5 Å². The summed E-state index contributed by atoms with van der Waals surface area (Å²) in [7, 11) is -4.07. The molecule has 0 aromatic carbocycles. The number of hydrogen-bond donors (Lipinski definition) is 2. The number of carbonyl (C=O) groups is 5. The predicted octanol–water partition coefficient (Wildman–Crippen LogP) is 5.19. The van der Waals surface area contributed by atoms with Crippen LogP contribution in [0.4, 0.5) is 0 Å². The molecule has 0 radical (unpaired) electrons. The van der Waals surface area contributed by atoms with Crippen LogP contribution < -0.4 is 10.0 Å². The second-order valence-electron chi connectivity index (χ2n) is 22.0. The van der Waals surface area contributed by atoms with Crippen molar-refractivity contribution >= 4 is 39.5 Å². The summed E-state index contributed by atoms with van der Waals surface area (Å²) in [6.45, 7) is 23.3. The molecule has 4 heterocycles. The molecule has 0 aromatic heterocycles. The second-order valence-corrected chi connectivity index (χ2v) is 23.7. The first-order valence-corrected chi connectivity index (χ1v) is 24.4. The first-order chi connectivity index (χ1) is 28.0. The minimum atomic E-state index is -4.07. The Kier molecular flexibility index (Phi) is 12.0. The summed E-state index contributed by atoms with van der Waals surface area (Å²) in [5.74, 6) is -2.68. The van der Waals surface area contributed by atoms with Crippen LogP contribution in [-0.4, -0.2) is 115 Å². The Labute approximate surface area is 359 Å². The zero-order valence-corrected chi connectivity index (χ0v) is 38.5. The van der Waals surface area contributed by atoms with Gasteiger partial charge in [0.2, 0.25) is 17.7 Å². The quantitative estimate of drug-likeness (QED) is 0.211. The molecule has 3 amide bonds. The van der Waals surface area contributed by atoms with E-state index in [1.807, 2.05) is 20.8 Å². The van der Waals surface area contributed by atoms with Crippen molar-refractivity contribution in [3.63, 3.8) is 0 Å². The van der Waals surface area contributed by atoms with Crippen LogP contribution >= 0.6 is 0 Å². The standard InChI is InChI=1S/C46H73N5O8S/c1-10-31-26-44(31,40(56)48-60(57,58)49-20-11-12-21-49)28-36(53)34-27-46(42(7,8)45(46)16-14-17-45)29-51(34)39(55)32(43(9)18-23-59-24-19-43)25-35(52)37(41(4,5)6)47-38(54)33-15-13-22-50(33)30(2)3/h10,30-34,37H,1,11-29H2,2-9H3,(H,47,54)(H,48,56)/t31-,32-,33+,34+,37-,44-,46-/m1/s1. The third kappa shape index (κ3) is 7.42. The number of ketones is 2. The Morgan fingerprint density at radius 1 is 0.883 bits per heavy atom. The fraction of sp³-hybridized carbons (Fsp3) is 0.848. The maximum absolute atomic E-state index is 15.6. The summed E-state index contributed by atoms with van der Waals surface area (Å²) in [6, 6.07) is -1.79. The van der Waals surface area contributed by atoms with Crippen LogP contribution in [-0.2, 0) is 38.9 Å². The minimum Gasteiger partial charge on any atom is -0.381 e. The zero-order valence-electron chi connectivity index (χ0n) is 37.7. The second kappa shape index (κ2) is 15.8. The highest BCUT2D eigenvalue weighted by Gasteiger charge is 2.85. The van der Waals surface area contributed by atoms with E-state index in [-0.39, 0.29) is 70.5 Å². The van der Waals surface area contributed by atoms with Crippen molar-refractivity contribution in [3.8, 4) is 0 Å². The molecule has 2 N–H and O–H groups in total. The molecule has 0 bridgehead atoms. The first kappa shape index (κ1) is 45.3. The normalized spacial score (nSPS) is 33.0. The van der Waals surface area contributed by atoms with Gasteiger partial charge < -0.3 is 15.0 Å². The molecule has 14 heteroatoms. The molecular weight excluding hydrogens is 783 g/mol. The Balaban J connectivity index is 1.19. The number of ether oxygens (including phenoxy) is 1. The number of nitrogens with one attached hydrogen (secondary N) is 2. The zero-order chi connectivity index (χ0) is 43.8. The molecule has 13 nitrogen and oxygen atoms in total. The summed E-state index contributed by atoms with van der Waals surface area (Å²) in [6.07, 6.45) is 9.48. The van der Waals surface area contributed by atoms with E-state index in [0.717, 1.165) is 51.5 Å². The molecule has 0 aromatic rings. The smallest absolute Gasteiger partial charge is 0.303 e. The fourth-order valence-corrected chi connectivity index (χ4v) is 14.3. The van der Waals surface area contributed by atoms with Gasteiger partial charge in [0.05, 0.1) is 29.5 Å². The van der Waals surface area contributed by atoms with Gasteiger partial charge in [-0.2, -0.15) is 12.7 Å². The summed E-state index contributed by atoms with van der Waals surface area (Å²) in [5.41, 5.74) is -2.91. The van der Waals surface area contributed by atoms with Gasteiger partial charge >= 0.3 is 10.2 Å². The van der Waals surface area contributed by atoms with E-state index >= 15 is 9.59 Å². The number of Topliss-reactive ketones (excluding diaryl/α,β-unsaturated/α-hetero) is 2. The number of likely N-dealkylation sites (tertiary alicyclic amines) is 2. The number of amides is 3. The third-order valence-electron chi connectivity index (χ3n) is 17.4. The van der Waals surface area contributed by atoms with E-state index in [4.69, 9.17) is 4.74 Å². The van der Waals surface area contributed by atoms with Crippen LogP contribution in [0.5, 0.6) is 0 Å². The highest BCUT2D eigenvalue weighted by molar-refractivity contribution is 7.87.